The lowest BCUT2D eigenvalue weighted by Crippen LogP contribution is -2.33. The molecule has 0 spiro atoms. The Balaban J connectivity index is 1.14. The summed E-state index contributed by atoms with van der Waals surface area (Å²) in [5.41, 5.74) is 8.04. The van der Waals surface area contributed by atoms with E-state index in [1.807, 2.05) is 22.7 Å². The number of benzene rings is 7. The Morgan fingerprint density at radius 2 is 1.16 bits per heavy atom. The van der Waals surface area contributed by atoms with E-state index >= 15 is 0 Å². The highest BCUT2D eigenvalue weighted by molar-refractivity contribution is 7.26. The molecule has 0 saturated heterocycles. The van der Waals surface area contributed by atoms with Crippen molar-refractivity contribution < 1.29 is 0 Å². The van der Waals surface area contributed by atoms with Crippen LogP contribution in [0.2, 0.25) is 0 Å². The summed E-state index contributed by atoms with van der Waals surface area (Å²) >= 11 is 3.65. The number of thiophene rings is 2. The van der Waals surface area contributed by atoms with Crippen molar-refractivity contribution in [3.63, 3.8) is 0 Å². The summed E-state index contributed by atoms with van der Waals surface area (Å²) in [5, 5.41) is 8.84. The fourth-order valence-electron chi connectivity index (χ4n) is 7.16. The van der Waals surface area contributed by atoms with Crippen molar-refractivity contribution >= 4 is 74.7 Å². The maximum Gasteiger partial charge on any atom is 0.159 e. The van der Waals surface area contributed by atoms with E-state index in [9.17, 15) is 0 Å². The van der Waals surface area contributed by atoms with Crippen LogP contribution in [0.15, 0.2) is 174 Å². The molecule has 0 aliphatic carbocycles. The number of rotatable bonds is 5. The minimum atomic E-state index is -0.311. The SMILES string of the molecule is c1ccc(-c2cccc(C3N=C(c4ccc5c(c4)sc4cccc(-c6ccccc6)c45)N=C(c4cccc5c4sc4ccccc45)N3)c2)cc1. The van der Waals surface area contributed by atoms with Crippen LogP contribution < -0.4 is 5.32 Å². The molecule has 1 atom stereocenters. The van der Waals surface area contributed by atoms with Gasteiger partial charge in [0.05, 0.1) is 0 Å². The van der Waals surface area contributed by atoms with E-state index in [-0.39, 0.29) is 6.17 Å². The van der Waals surface area contributed by atoms with Crippen LogP contribution in [0.4, 0.5) is 0 Å². The molecule has 0 amide bonds. The highest BCUT2D eigenvalue weighted by Crippen LogP contribution is 2.41. The zero-order valence-corrected chi connectivity index (χ0v) is 28.5. The van der Waals surface area contributed by atoms with E-state index in [0.717, 1.165) is 28.4 Å². The van der Waals surface area contributed by atoms with E-state index < -0.39 is 0 Å². The monoisotopic (exact) mass is 675 g/mol. The fraction of sp³-hybridized carbons (Fsp3) is 0.0222. The summed E-state index contributed by atoms with van der Waals surface area (Å²) < 4.78 is 5.01. The van der Waals surface area contributed by atoms with Crippen LogP contribution in [0.5, 0.6) is 0 Å². The quantitative estimate of drug-likeness (QED) is 0.194. The Kier molecular flexibility index (Phi) is 6.93. The van der Waals surface area contributed by atoms with Crippen molar-refractivity contribution in [2.45, 2.75) is 6.17 Å². The summed E-state index contributed by atoms with van der Waals surface area (Å²) in [6, 6.07) is 58.4. The zero-order valence-electron chi connectivity index (χ0n) is 26.9. The molecule has 1 aliphatic rings. The summed E-state index contributed by atoms with van der Waals surface area (Å²) in [6.45, 7) is 0. The van der Waals surface area contributed by atoms with E-state index in [4.69, 9.17) is 9.98 Å². The molecular weight excluding hydrogens is 647 g/mol. The number of amidine groups is 2. The summed E-state index contributed by atoms with van der Waals surface area (Å²) in [7, 11) is 0. The predicted molar refractivity (Wildman–Crippen MR) is 215 cm³/mol. The lowest BCUT2D eigenvalue weighted by atomic mass is 9.99. The van der Waals surface area contributed by atoms with E-state index in [2.05, 4.69) is 169 Å². The van der Waals surface area contributed by atoms with Crippen LogP contribution in [0.1, 0.15) is 22.9 Å². The topological polar surface area (TPSA) is 36.8 Å². The molecule has 10 rings (SSSR count). The van der Waals surface area contributed by atoms with Crippen molar-refractivity contribution in [2.24, 2.45) is 9.98 Å². The summed E-state index contributed by atoms with van der Waals surface area (Å²) in [5.74, 6) is 1.57. The second-order valence-electron chi connectivity index (χ2n) is 12.6. The van der Waals surface area contributed by atoms with Gasteiger partial charge in [0.15, 0.2) is 5.84 Å². The van der Waals surface area contributed by atoms with Crippen LogP contribution in [-0.4, -0.2) is 11.7 Å². The summed E-state index contributed by atoms with van der Waals surface area (Å²) in [4.78, 5) is 10.6. The van der Waals surface area contributed by atoms with Crippen LogP contribution in [0, 0.1) is 0 Å². The molecule has 0 radical (unpaired) electrons. The molecule has 0 bridgehead atoms. The van der Waals surface area contributed by atoms with Gasteiger partial charge in [-0.3, -0.25) is 0 Å². The third kappa shape index (κ3) is 4.94. The van der Waals surface area contributed by atoms with Gasteiger partial charge in [-0.25, -0.2) is 9.98 Å². The van der Waals surface area contributed by atoms with Gasteiger partial charge in [-0.05, 0) is 58.1 Å². The second kappa shape index (κ2) is 11.9. The molecule has 3 nitrogen and oxygen atoms in total. The van der Waals surface area contributed by atoms with Crippen LogP contribution in [-0.2, 0) is 0 Å². The van der Waals surface area contributed by atoms with Crippen LogP contribution in [0.25, 0.3) is 62.6 Å². The maximum absolute atomic E-state index is 5.31. The Bertz CT molecular complexity index is 2790. The lowest BCUT2D eigenvalue weighted by molar-refractivity contribution is 0.675. The Hall–Kier alpha value is -5.88. The Labute approximate surface area is 297 Å². The first-order chi connectivity index (χ1) is 24.8. The van der Waals surface area contributed by atoms with Gasteiger partial charge in [-0.15, -0.1) is 22.7 Å². The molecule has 0 fully saturated rings. The number of nitrogens with zero attached hydrogens (tertiary/aromatic N) is 2. The standard InChI is InChI=1S/C45H29N3S2/c1-3-12-28(13-4-1)30-16-9-17-31(26-30)43-46-44(48-45(47-43)37-21-10-20-35-34-18-7-8-22-38(34)50-42(35)37)32-24-25-36-40(27-32)49-39-23-11-19-33(41(36)39)29-14-5-2-6-15-29/h1-27,43H,(H,46,47,48). The minimum Gasteiger partial charge on any atom is -0.344 e. The van der Waals surface area contributed by atoms with Gasteiger partial charge in [0.25, 0.3) is 0 Å². The van der Waals surface area contributed by atoms with Gasteiger partial charge in [-0.1, -0.05) is 133 Å². The largest absolute Gasteiger partial charge is 0.344 e. The number of hydrogen-bond donors (Lipinski definition) is 1. The van der Waals surface area contributed by atoms with Gasteiger partial charge < -0.3 is 5.32 Å². The maximum atomic E-state index is 5.31. The number of nitrogens with one attached hydrogen (secondary N) is 1. The molecule has 50 heavy (non-hydrogen) atoms. The average molecular weight is 676 g/mol. The molecule has 1 unspecified atom stereocenters. The lowest BCUT2D eigenvalue weighted by Gasteiger charge is -2.24. The average Bonchev–Trinajstić information content (AvgIpc) is 3.77. The van der Waals surface area contributed by atoms with Gasteiger partial charge in [-0.2, -0.15) is 0 Å². The third-order valence-corrected chi connectivity index (χ3v) is 11.9. The molecule has 0 saturated carbocycles. The third-order valence-electron chi connectivity index (χ3n) is 9.55. The molecular formula is C45H29N3S2. The van der Waals surface area contributed by atoms with Crippen molar-refractivity contribution in [3.05, 3.63) is 180 Å². The first-order valence-corrected chi connectivity index (χ1v) is 18.4. The smallest absolute Gasteiger partial charge is 0.159 e. The van der Waals surface area contributed by atoms with Crippen molar-refractivity contribution in [2.75, 3.05) is 0 Å². The molecule has 2 aromatic heterocycles. The normalized spacial score (nSPS) is 14.6. The van der Waals surface area contributed by atoms with Crippen molar-refractivity contribution in [3.8, 4) is 22.3 Å². The number of aliphatic imine (C=N–C) groups is 2. The molecule has 1 aliphatic heterocycles. The van der Waals surface area contributed by atoms with Gasteiger partial charge >= 0.3 is 0 Å². The zero-order chi connectivity index (χ0) is 33.0. The number of hydrogen-bond acceptors (Lipinski definition) is 5. The molecule has 1 N–H and O–H groups in total. The van der Waals surface area contributed by atoms with Crippen LogP contribution >= 0.6 is 22.7 Å². The van der Waals surface area contributed by atoms with E-state index in [1.54, 1.807) is 0 Å². The first-order valence-electron chi connectivity index (χ1n) is 16.8. The second-order valence-corrected chi connectivity index (χ2v) is 14.7. The molecule has 9 aromatic rings. The highest BCUT2D eigenvalue weighted by Gasteiger charge is 2.24. The van der Waals surface area contributed by atoms with E-state index in [0.29, 0.717) is 0 Å². The fourth-order valence-corrected chi connectivity index (χ4v) is 9.55. The van der Waals surface area contributed by atoms with Crippen molar-refractivity contribution in [1.29, 1.82) is 0 Å². The van der Waals surface area contributed by atoms with Gasteiger partial charge in [0.2, 0.25) is 0 Å². The van der Waals surface area contributed by atoms with Crippen molar-refractivity contribution in [1.82, 2.24) is 5.32 Å². The molecule has 7 aromatic carbocycles. The predicted octanol–water partition coefficient (Wildman–Crippen LogP) is 12.3. The Morgan fingerprint density at radius 3 is 2.04 bits per heavy atom. The van der Waals surface area contributed by atoms with Crippen LogP contribution in [0.3, 0.4) is 0 Å². The minimum absolute atomic E-state index is 0.311. The highest BCUT2D eigenvalue weighted by atomic mass is 32.1. The molecule has 236 valence electrons. The first kappa shape index (κ1) is 29.1. The Morgan fingerprint density at radius 1 is 0.460 bits per heavy atom. The molecule has 3 heterocycles. The van der Waals surface area contributed by atoms with Gasteiger partial charge in [0, 0.05) is 51.5 Å². The van der Waals surface area contributed by atoms with Gasteiger partial charge in [0.1, 0.15) is 12.0 Å². The molecule has 5 heteroatoms. The number of fused-ring (bicyclic) bond motifs is 6. The summed E-state index contributed by atoms with van der Waals surface area (Å²) in [6.07, 6.45) is -0.311. The van der Waals surface area contributed by atoms with E-state index in [1.165, 1.54) is 62.6 Å².